The molecule has 0 fully saturated rings. The first-order chi connectivity index (χ1) is 14.0. The minimum absolute atomic E-state index is 0.106. The Balaban J connectivity index is 1.95. The monoisotopic (exact) mass is 381 g/mol. The molecule has 0 aliphatic rings. The molecule has 0 radical (unpaired) electrons. The van der Waals surface area contributed by atoms with E-state index in [4.69, 9.17) is 4.84 Å². The summed E-state index contributed by atoms with van der Waals surface area (Å²) in [6, 6.07) is 24.8. The van der Waals surface area contributed by atoms with Crippen molar-refractivity contribution in [3.63, 3.8) is 0 Å². The van der Waals surface area contributed by atoms with Crippen molar-refractivity contribution in [1.29, 1.82) is 0 Å². The second-order valence-electron chi connectivity index (χ2n) is 7.66. The summed E-state index contributed by atoms with van der Waals surface area (Å²) in [5.74, 6) is 0.447. The van der Waals surface area contributed by atoms with Crippen LogP contribution in [0.5, 0.6) is 5.75 Å². The molecule has 0 aliphatic heterocycles. The lowest BCUT2D eigenvalue weighted by Crippen LogP contribution is -2.07. The van der Waals surface area contributed by atoms with Gasteiger partial charge in [0.05, 0.1) is 0 Å². The van der Waals surface area contributed by atoms with Gasteiger partial charge in [0.25, 0.3) is 5.09 Å². The fourth-order valence-electron chi connectivity index (χ4n) is 4.34. The van der Waals surface area contributed by atoms with Crippen LogP contribution in [-0.4, -0.2) is 5.09 Å². The molecule has 29 heavy (non-hydrogen) atoms. The zero-order valence-electron chi connectivity index (χ0n) is 16.2. The fourth-order valence-corrected chi connectivity index (χ4v) is 4.34. The molecule has 0 saturated carbocycles. The van der Waals surface area contributed by atoms with Crippen molar-refractivity contribution in [2.75, 3.05) is 0 Å². The van der Waals surface area contributed by atoms with Gasteiger partial charge in [-0.15, -0.1) is 10.1 Å². The van der Waals surface area contributed by atoms with Gasteiger partial charge in [-0.2, -0.15) is 0 Å². The van der Waals surface area contributed by atoms with Gasteiger partial charge >= 0.3 is 0 Å². The van der Waals surface area contributed by atoms with Crippen LogP contribution in [0.2, 0.25) is 0 Å². The van der Waals surface area contributed by atoms with Crippen LogP contribution in [-0.2, 0) is 0 Å². The Bertz CT molecular complexity index is 1440. The molecule has 5 aromatic rings. The first kappa shape index (κ1) is 17.4. The topological polar surface area (TPSA) is 52.4 Å². The van der Waals surface area contributed by atoms with Crippen LogP contribution in [0.4, 0.5) is 0 Å². The summed E-state index contributed by atoms with van der Waals surface area (Å²) in [4.78, 5) is 16.4. The Morgan fingerprint density at radius 2 is 1.31 bits per heavy atom. The molecule has 0 saturated heterocycles. The molecule has 0 aromatic heterocycles. The maximum absolute atomic E-state index is 11.3. The van der Waals surface area contributed by atoms with E-state index in [9.17, 15) is 10.1 Å². The molecule has 142 valence electrons. The molecule has 5 rings (SSSR count). The van der Waals surface area contributed by atoms with Crippen molar-refractivity contribution >= 4 is 43.1 Å². The smallest absolute Gasteiger partial charge is 0.275 e. The van der Waals surface area contributed by atoms with Crippen LogP contribution in [0, 0.1) is 10.1 Å². The highest BCUT2D eigenvalue weighted by molar-refractivity contribution is 6.23. The van der Waals surface area contributed by atoms with Crippen molar-refractivity contribution in [3.05, 3.63) is 88.5 Å². The van der Waals surface area contributed by atoms with E-state index in [2.05, 4.69) is 42.5 Å². The molecule has 4 heteroatoms. The molecule has 0 atom stereocenters. The van der Waals surface area contributed by atoms with Gasteiger partial charge in [-0.1, -0.05) is 86.6 Å². The lowest BCUT2D eigenvalue weighted by atomic mass is 9.91. The predicted molar refractivity (Wildman–Crippen MR) is 118 cm³/mol. The lowest BCUT2D eigenvalue weighted by molar-refractivity contribution is -0.710. The SMILES string of the molecule is CC(C)c1ccc2ccc3c4ccc5ccccc5c4ccc3c2c1O[N+](=O)[O-]. The summed E-state index contributed by atoms with van der Waals surface area (Å²) >= 11 is 0. The van der Waals surface area contributed by atoms with E-state index in [1.165, 1.54) is 16.2 Å². The molecule has 0 unspecified atom stereocenters. The fraction of sp³-hybridized carbons (Fsp3) is 0.120. The Kier molecular flexibility index (Phi) is 3.88. The predicted octanol–water partition coefficient (Wildman–Crippen LogP) is 6.99. The molecule has 0 spiro atoms. The normalized spacial score (nSPS) is 11.7. The Labute approximate surface area is 167 Å². The van der Waals surface area contributed by atoms with Crippen molar-refractivity contribution in [2.24, 2.45) is 0 Å². The van der Waals surface area contributed by atoms with E-state index in [0.717, 1.165) is 32.5 Å². The van der Waals surface area contributed by atoms with E-state index < -0.39 is 5.09 Å². The third-order valence-electron chi connectivity index (χ3n) is 5.67. The second kappa shape index (κ2) is 6.45. The number of rotatable bonds is 3. The van der Waals surface area contributed by atoms with Gasteiger partial charge in [-0.05, 0) is 49.2 Å². The van der Waals surface area contributed by atoms with Crippen molar-refractivity contribution in [3.8, 4) is 5.75 Å². The minimum Gasteiger partial charge on any atom is -0.275 e. The maximum Gasteiger partial charge on any atom is 0.299 e. The molecule has 0 N–H and O–H groups in total. The van der Waals surface area contributed by atoms with Gasteiger partial charge in [0.1, 0.15) is 5.75 Å². The van der Waals surface area contributed by atoms with E-state index >= 15 is 0 Å². The highest BCUT2D eigenvalue weighted by Gasteiger charge is 2.17. The van der Waals surface area contributed by atoms with Crippen LogP contribution < -0.4 is 4.84 Å². The Morgan fingerprint density at radius 1 is 0.724 bits per heavy atom. The van der Waals surface area contributed by atoms with Crippen LogP contribution in [0.25, 0.3) is 43.1 Å². The summed E-state index contributed by atoms with van der Waals surface area (Å²) in [6.45, 7) is 4.03. The average molecular weight is 381 g/mol. The standard InChI is InChI=1S/C25H19NO3/c1-15(2)18-10-8-17-9-12-22-21-11-7-16-5-3-4-6-19(16)20(21)13-14-23(22)24(17)25(18)29-26(27)28/h3-15H,1-2H3. The number of fused-ring (bicyclic) bond motifs is 7. The van der Waals surface area contributed by atoms with Gasteiger partial charge in [-0.25, -0.2) is 0 Å². The molecule has 0 bridgehead atoms. The average Bonchev–Trinajstić information content (AvgIpc) is 2.72. The highest BCUT2D eigenvalue weighted by Crippen LogP contribution is 2.41. The van der Waals surface area contributed by atoms with Crippen molar-refractivity contribution < 1.29 is 9.92 Å². The van der Waals surface area contributed by atoms with Crippen molar-refractivity contribution in [1.82, 2.24) is 0 Å². The quantitative estimate of drug-likeness (QED) is 0.192. The van der Waals surface area contributed by atoms with Gasteiger partial charge in [0.15, 0.2) is 0 Å². The first-order valence-electron chi connectivity index (χ1n) is 9.67. The molecule has 0 aliphatic carbocycles. The van der Waals surface area contributed by atoms with E-state index in [-0.39, 0.29) is 5.92 Å². The molecular weight excluding hydrogens is 362 g/mol. The third kappa shape index (κ3) is 2.68. The van der Waals surface area contributed by atoms with E-state index in [0.29, 0.717) is 5.75 Å². The van der Waals surface area contributed by atoms with Gasteiger partial charge in [-0.3, -0.25) is 4.84 Å². The number of benzene rings is 5. The minimum atomic E-state index is -0.714. The Hall–Kier alpha value is -3.66. The summed E-state index contributed by atoms with van der Waals surface area (Å²) < 4.78 is 0. The molecule has 0 amide bonds. The molecular formula is C25H19NO3. The number of hydrogen-bond acceptors (Lipinski definition) is 3. The number of nitrogens with zero attached hydrogens (tertiary/aromatic N) is 1. The summed E-state index contributed by atoms with van der Waals surface area (Å²) in [7, 11) is 0. The first-order valence-corrected chi connectivity index (χ1v) is 9.67. The zero-order valence-corrected chi connectivity index (χ0v) is 16.2. The third-order valence-corrected chi connectivity index (χ3v) is 5.67. The lowest BCUT2D eigenvalue weighted by Gasteiger charge is -2.16. The van der Waals surface area contributed by atoms with E-state index in [1.54, 1.807) is 0 Å². The van der Waals surface area contributed by atoms with Crippen LogP contribution >= 0.6 is 0 Å². The summed E-state index contributed by atoms with van der Waals surface area (Å²) in [5, 5.41) is 19.0. The maximum atomic E-state index is 11.3. The number of hydrogen-bond donors (Lipinski definition) is 0. The van der Waals surface area contributed by atoms with Gasteiger partial charge in [0, 0.05) is 5.39 Å². The zero-order chi connectivity index (χ0) is 20.1. The summed E-state index contributed by atoms with van der Waals surface area (Å²) in [6.07, 6.45) is 0. The van der Waals surface area contributed by atoms with E-state index in [1.807, 2.05) is 44.2 Å². The Morgan fingerprint density at radius 3 is 2.07 bits per heavy atom. The van der Waals surface area contributed by atoms with Crippen LogP contribution in [0.3, 0.4) is 0 Å². The molecule has 5 aromatic carbocycles. The summed E-state index contributed by atoms with van der Waals surface area (Å²) in [5.41, 5.74) is 0.834. The van der Waals surface area contributed by atoms with Crippen LogP contribution in [0.1, 0.15) is 25.3 Å². The van der Waals surface area contributed by atoms with Crippen molar-refractivity contribution in [2.45, 2.75) is 19.8 Å². The molecule has 4 nitrogen and oxygen atoms in total. The second-order valence-corrected chi connectivity index (χ2v) is 7.66. The molecule has 0 heterocycles. The van der Waals surface area contributed by atoms with Gasteiger partial charge in [0.2, 0.25) is 0 Å². The van der Waals surface area contributed by atoms with Crippen LogP contribution in [0.15, 0.2) is 72.8 Å². The highest BCUT2D eigenvalue weighted by atomic mass is 17.0. The largest absolute Gasteiger partial charge is 0.299 e. The van der Waals surface area contributed by atoms with Gasteiger partial charge < -0.3 is 0 Å².